The first kappa shape index (κ1) is 14.6. The van der Waals surface area contributed by atoms with Crippen molar-refractivity contribution in [1.29, 1.82) is 0 Å². The first-order chi connectivity index (χ1) is 12.2. The zero-order valence-corrected chi connectivity index (χ0v) is 14.9. The van der Waals surface area contributed by atoms with Crippen LogP contribution in [0.15, 0.2) is 83.3 Å². The van der Waals surface area contributed by atoms with Crippen LogP contribution in [-0.4, -0.2) is 5.78 Å². The smallest absolute Gasteiger partial charge is 0.194 e. The highest BCUT2D eigenvalue weighted by Crippen LogP contribution is 2.40. The van der Waals surface area contributed by atoms with E-state index in [0.29, 0.717) is 0 Å². The number of rotatable bonds is 1. The van der Waals surface area contributed by atoms with E-state index in [9.17, 15) is 4.79 Å². The molecule has 25 heavy (non-hydrogen) atoms. The number of ketones is 1. The Morgan fingerprint density at radius 2 is 1.32 bits per heavy atom. The topological polar surface area (TPSA) is 17.1 Å². The Kier molecular flexibility index (Phi) is 3.16. The summed E-state index contributed by atoms with van der Waals surface area (Å²) in [6.45, 7) is 0. The van der Waals surface area contributed by atoms with Crippen LogP contribution in [0.4, 0.5) is 0 Å². The lowest BCUT2D eigenvalue weighted by Gasteiger charge is -2.08. The fourth-order valence-corrected chi connectivity index (χ4v) is 4.06. The van der Waals surface area contributed by atoms with Gasteiger partial charge in [-0.1, -0.05) is 76.6 Å². The van der Waals surface area contributed by atoms with E-state index < -0.39 is 0 Å². The summed E-state index contributed by atoms with van der Waals surface area (Å²) in [4.78, 5) is 12.9. The van der Waals surface area contributed by atoms with Gasteiger partial charge in [0, 0.05) is 15.6 Å². The van der Waals surface area contributed by atoms with E-state index in [0.717, 1.165) is 37.9 Å². The molecule has 1 nitrogen and oxygen atoms in total. The second kappa shape index (κ2) is 5.40. The van der Waals surface area contributed by atoms with Crippen molar-refractivity contribution in [2.45, 2.75) is 0 Å². The van der Waals surface area contributed by atoms with Crippen molar-refractivity contribution in [3.05, 3.63) is 94.5 Å². The van der Waals surface area contributed by atoms with Crippen LogP contribution in [0, 0.1) is 0 Å². The first-order valence-electron chi connectivity index (χ1n) is 8.19. The van der Waals surface area contributed by atoms with Crippen LogP contribution in [0.1, 0.15) is 15.9 Å². The van der Waals surface area contributed by atoms with Gasteiger partial charge in [0.05, 0.1) is 0 Å². The van der Waals surface area contributed by atoms with Crippen molar-refractivity contribution in [2.24, 2.45) is 0 Å². The molecule has 0 heterocycles. The molecule has 0 unspecified atom stereocenters. The summed E-state index contributed by atoms with van der Waals surface area (Å²) < 4.78 is 0.932. The van der Waals surface area contributed by atoms with Crippen molar-refractivity contribution in [2.75, 3.05) is 0 Å². The van der Waals surface area contributed by atoms with Crippen LogP contribution in [-0.2, 0) is 0 Å². The zero-order valence-electron chi connectivity index (χ0n) is 13.3. The monoisotopic (exact) mass is 384 g/mol. The number of carbonyl (C=O) groups is 1. The van der Waals surface area contributed by atoms with E-state index in [1.807, 2.05) is 30.3 Å². The van der Waals surface area contributed by atoms with Crippen molar-refractivity contribution in [3.63, 3.8) is 0 Å². The maximum atomic E-state index is 12.9. The molecule has 0 radical (unpaired) electrons. The van der Waals surface area contributed by atoms with E-state index in [1.54, 1.807) is 0 Å². The molecule has 118 valence electrons. The third kappa shape index (κ3) is 2.18. The summed E-state index contributed by atoms with van der Waals surface area (Å²) >= 11 is 3.46. The average molecular weight is 385 g/mol. The Morgan fingerprint density at radius 3 is 2.20 bits per heavy atom. The summed E-state index contributed by atoms with van der Waals surface area (Å²) in [6, 6.07) is 26.8. The van der Waals surface area contributed by atoms with Crippen molar-refractivity contribution in [1.82, 2.24) is 0 Å². The minimum atomic E-state index is 0.105. The lowest BCUT2D eigenvalue weighted by molar-refractivity contribution is 0.104. The fraction of sp³-hybridized carbons (Fsp3) is 0. The number of halogens is 1. The Morgan fingerprint density at radius 1 is 0.600 bits per heavy atom. The van der Waals surface area contributed by atoms with Crippen LogP contribution in [0.2, 0.25) is 0 Å². The molecule has 0 atom stereocenters. The fourth-order valence-electron chi connectivity index (χ4n) is 3.70. The van der Waals surface area contributed by atoms with Gasteiger partial charge >= 0.3 is 0 Å². The highest BCUT2D eigenvalue weighted by atomic mass is 79.9. The van der Waals surface area contributed by atoms with Crippen LogP contribution in [0.5, 0.6) is 0 Å². The summed E-state index contributed by atoms with van der Waals surface area (Å²) in [6.07, 6.45) is 0. The van der Waals surface area contributed by atoms with Crippen LogP contribution in [0.25, 0.3) is 33.0 Å². The Bertz CT molecular complexity index is 1170. The molecule has 4 aromatic carbocycles. The molecule has 1 aliphatic carbocycles. The standard InChI is InChI=1S/C23H13BrO/c24-16-9-11-20-19-10-8-15(12-21(19)23(25)22(20)13-16)18-7-3-5-14-4-1-2-6-17(14)18/h1-13H. The normalized spacial score (nSPS) is 12.3. The number of carbonyl (C=O) groups excluding carboxylic acids is 1. The van der Waals surface area contributed by atoms with Crippen molar-refractivity contribution < 1.29 is 4.79 Å². The molecule has 0 N–H and O–H groups in total. The molecule has 2 heteroatoms. The minimum absolute atomic E-state index is 0.105. The van der Waals surface area contributed by atoms with E-state index in [2.05, 4.69) is 64.5 Å². The summed E-state index contributed by atoms with van der Waals surface area (Å²) in [5.74, 6) is 0.105. The summed E-state index contributed by atoms with van der Waals surface area (Å²) in [5.41, 5.74) is 5.85. The van der Waals surface area contributed by atoms with Gasteiger partial charge in [-0.3, -0.25) is 4.79 Å². The van der Waals surface area contributed by atoms with Crippen molar-refractivity contribution >= 4 is 32.5 Å². The van der Waals surface area contributed by atoms with E-state index in [-0.39, 0.29) is 5.78 Å². The second-order valence-corrected chi connectivity index (χ2v) is 7.22. The van der Waals surface area contributed by atoms with Gasteiger partial charge in [-0.2, -0.15) is 0 Å². The van der Waals surface area contributed by atoms with E-state index >= 15 is 0 Å². The highest BCUT2D eigenvalue weighted by Gasteiger charge is 2.27. The number of hydrogen-bond donors (Lipinski definition) is 0. The third-order valence-corrected chi connectivity index (χ3v) is 5.37. The zero-order chi connectivity index (χ0) is 17.0. The van der Waals surface area contributed by atoms with Gasteiger partial charge in [0.15, 0.2) is 5.78 Å². The van der Waals surface area contributed by atoms with Gasteiger partial charge < -0.3 is 0 Å². The van der Waals surface area contributed by atoms with Gasteiger partial charge in [0.1, 0.15) is 0 Å². The maximum Gasteiger partial charge on any atom is 0.194 e. The lowest BCUT2D eigenvalue weighted by Crippen LogP contribution is -1.95. The Hall–Kier alpha value is -2.71. The number of hydrogen-bond acceptors (Lipinski definition) is 1. The van der Waals surface area contributed by atoms with Gasteiger partial charge in [-0.05, 0) is 51.2 Å². The minimum Gasteiger partial charge on any atom is -0.289 e. The SMILES string of the molecule is O=C1c2cc(Br)ccc2-c2ccc(-c3cccc4ccccc34)cc21. The molecule has 1 aliphatic rings. The lowest BCUT2D eigenvalue weighted by atomic mass is 9.95. The molecule has 0 aromatic heterocycles. The highest BCUT2D eigenvalue weighted by molar-refractivity contribution is 9.10. The largest absolute Gasteiger partial charge is 0.289 e. The third-order valence-electron chi connectivity index (χ3n) is 4.88. The molecule has 0 bridgehead atoms. The molecule has 4 aromatic rings. The molecule has 0 aliphatic heterocycles. The predicted molar refractivity (Wildman–Crippen MR) is 106 cm³/mol. The quantitative estimate of drug-likeness (QED) is 0.323. The maximum absolute atomic E-state index is 12.9. The number of fused-ring (bicyclic) bond motifs is 4. The molecule has 0 fully saturated rings. The van der Waals surface area contributed by atoms with Gasteiger partial charge in [-0.15, -0.1) is 0 Å². The molecule has 5 rings (SSSR count). The molecule has 0 amide bonds. The molecular weight excluding hydrogens is 372 g/mol. The van der Waals surface area contributed by atoms with Crippen molar-refractivity contribution in [3.8, 4) is 22.3 Å². The van der Waals surface area contributed by atoms with Crippen LogP contribution < -0.4 is 0 Å². The average Bonchev–Trinajstić information content (AvgIpc) is 2.93. The predicted octanol–water partition coefficient (Wildman–Crippen LogP) is 6.48. The Balaban J connectivity index is 1.72. The first-order valence-corrected chi connectivity index (χ1v) is 8.98. The van der Waals surface area contributed by atoms with E-state index in [4.69, 9.17) is 0 Å². The van der Waals surface area contributed by atoms with Gasteiger partial charge in [0.25, 0.3) is 0 Å². The number of benzene rings is 4. The van der Waals surface area contributed by atoms with Gasteiger partial charge in [-0.25, -0.2) is 0 Å². The van der Waals surface area contributed by atoms with Crippen LogP contribution in [0.3, 0.4) is 0 Å². The molecule has 0 spiro atoms. The molecular formula is C23H13BrO. The summed E-state index contributed by atoms with van der Waals surface area (Å²) in [5, 5.41) is 2.41. The molecule has 0 saturated heterocycles. The molecule has 0 saturated carbocycles. The van der Waals surface area contributed by atoms with E-state index in [1.165, 1.54) is 10.8 Å². The van der Waals surface area contributed by atoms with Gasteiger partial charge in [0.2, 0.25) is 0 Å². The Labute approximate surface area is 154 Å². The summed E-state index contributed by atoms with van der Waals surface area (Å²) in [7, 11) is 0. The second-order valence-electron chi connectivity index (χ2n) is 6.31. The van der Waals surface area contributed by atoms with Crippen LogP contribution >= 0.6 is 15.9 Å².